The molecule has 0 aliphatic heterocycles. The average Bonchev–Trinajstić information content (AvgIpc) is 2.89. The summed E-state index contributed by atoms with van der Waals surface area (Å²) in [6, 6.07) is 9.40. The first-order valence-corrected chi connectivity index (χ1v) is 7.26. The lowest BCUT2D eigenvalue weighted by Crippen LogP contribution is -2.14. The van der Waals surface area contributed by atoms with Crippen molar-refractivity contribution in [2.75, 3.05) is 6.61 Å². The molecule has 6 heteroatoms. The fourth-order valence-corrected chi connectivity index (χ4v) is 2.13. The predicted octanol–water partition coefficient (Wildman–Crippen LogP) is 3.20. The fourth-order valence-electron chi connectivity index (χ4n) is 2.13. The van der Waals surface area contributed by atoms with E-state index in [1.54, 1.807) is 19.1 Å². The van der Waals surface area contributed by atoms with Gasteiger partial charge in [-0.2, -0.15) is 5.26 Å². The van der Waals surface area contributed by atoms with Crippen LogP contribution in [0.4, 0.5) is 0 Å². The van der Waals surface area contributed by atoms with Gasteiger partial charge in [0.2, 0.25) is 0 Å². The van der Waals surface area contributed by atoms with E-state index in [0.717, 1.165) is 0 Å². The van der Waals surface area contributed by atoms with E-state index in [1.165, 1.54) is 10.9 Å². The van der Waals surface area contributed by atoms with Crippen LogP contribution in [0, 0.1) is 23.7 Å². The van der Waals surface area contributed by atoms with Crippen LogP contribution in [-0.2, 0) is 0 Å². The van der Waals surface area contributed by atoms with Crippen molar-refractivity contribution in [2.45, 2.75) is 27.2 Å². The number of aromatic carboxylic acids is 1. The molecule has 0 radical (unpaired) electrons. The molecule has 120 valence electrons. The van der Waals surface area contributed by atoms with Crippen LogP contribution < -0.4 is 4.74 Å². The van der Waals surface area contributed by atoms with Gasteiger partial charge in [-0.25, -0.2) is 9.78 Å². The maximum atomic E-state index is 11.4. The van der Waals surface area contributed by atoms with Crippen LogP contribution in [-0.4, -0.2) is 27.2 Å². The van der Waals surface area contributed by atoms with Gasteiger partial charge in [-0.15, -0.1) is 0 Å². The summed E-state index contributed by atoms with van der Waals surface area (Å²) in [5, 5.41) is 18.4. The van der Waals surface area contributed by atoms with Crippen LogP contribution in [0.25, 0.3) is 5.69 Å². The molecule has 1 aromatic carbocycles. The Kier molecular flexibility index (Phi) is 4.70. The SMILES string of the molecule is Cc1ncn(-c2ccccc2OCCC(C)(C)C#N)c1C(=O)O. The number of rotatable bonds is 6. The van der Waals surface area contributed by atoms with Gasteiger partial charge in [0.25, 0.3) is 0 Å². The zero-order chi connectivity index (χ0) is 17.0. The molecule has 0 saturated carbocycles. The first-order valence-electron chi connectivity index (χ1n) is 7.26. The van der Waals surface area contributed by atoms with Crippen molar-refractivity contribution < 1.29 is 14.6 Å². The number of benzene rings is 1. The summed E-state index contributed by atoms with van der Waals surface area (Å²) < 4.78 is 7.28. The second kappa shape index (κ2) is 6.53. The quantitative estimate of drug-likeness (QED) is 0.884. The lowest BCUT2D eigenvalue weighted by atomic mass is 9.92. The highest BCUT2D eigenvalue weighted by Gasteiger charge is 2.19. The number of para-hydroxylation sites is 2. The summed E-state index contributed by atoms with van der Waals surface area (Å²) in [4.78, 5) is 15.5. The molecule has 2 aromatic rings. The predicted molar refractivity (Wildman–Crippen MR) is 84.8 cm³/mol. The first-order chi connectivity index (χ1) is 10.9. The number of aryl methyl sites for hydroxylation is 1. The normalized spacial score (nSPS) is 11.0. The third kappa shape index (κ3) is 3.69. The van der Waals surface area contributed by atoms with Crippen molar-refractivity contribution in [2.24, 2.45) is 5.41 Å². The number of nitriles is 1. The summed E-state index contributed by atoms with van der Waals surface area (Å²) >= 11 is 0. The molecule has 0 spiro atoms. The van der Waals surface area contributed by atoms with Crippen LogP contribution in [0.3, 0.4) is 0 Å². The molecular formula is C17H19N3O3. The molecule has 0 aliphatic carbocycles. The van der Waals surface area contributed by atoms with Crippen LogP contribution in [0.5, 0.6) is 5.75 Å². The van der Waals surface area contributed by atoms with Gasteiger partial charge in [0, 0.05) is 0 Å². The molecule has 0 amide bonds. The van der Waals surface area contributed by atoms with Crippen molar-refractivity contribution in [1.82, 2.24) is 9.55 Å². The first kappa shape index (κ1) is 16.6. The molecule has 6 nitrogen and oxygen atoms in total. The van der Waals surface area contributed by atoms with E-state index in [1.807, 2.05) is 26.0 Å². The largest absolute Gasteiger partial charge is 0.491 e. The maximum absolute atomic E-state index is 11.4. The van der Waals surface area contributed by atoms with Gasteiger partial charge < -0.3 is 9.84 Å². The molecule has 0 unspecified atom stereocenters. The number of hydrogen-bond donors (Lipinski definition) is 1. The van der Waals surface area contributed by atoms with Crippen LogP contribution in [0.1, 0.15) is 36.5 Å². The highest BCUT2D eigenvalue weighted by atomic mass is 16.5. The summed E-state index contributed by atoms with van der Waals surface area (Å²) in [7, 11) is 0. The van der Waals surface area contributed by atoms with Gasteiger partial charge in [-0.1, -0.05) is 12.1 Å². The van der Waals surface area contributed by atoms with Gasteiger partial charge in [0.05, 0.1) is 29.5 Å². The second-order valence-corrected chi connectivity index (χ2v) is 5.92. The molecule has 0 atom stereocenters. The Morgan fingerprint density at radius 2 is 2.13 bits per heavy atom. The lowest BCUT2D eigenvalue weighted by molar-refractivity contribution is 0.0687. The third-order valence-corrected chi connectivity index (χ3v) is 3.57. The Hall–Kier alpha value is -2.81. The molecule has 0 saturated heterocycles. The molecule has 23 heavy (non-hydrogen) atoms. The van der Waals surface area contributed by atoms with Crippen molar-refractivity contribution >= 4 is 5.97 Å². The van der Waals surface area contributed by atoms with Crippen LogP contribution >= 0.6 is 0 Å². The van der Waals surface area contributed by atoms with Gasteiger partial charge >= 0.3 is 5.97 Å². The van der Waals surface area contributed by atoms with Crippen molar-refractivity contribution in [3.8, 4) is 17.5 Å². The topological polar surface area (TPSA) is 88.1 Å². The zero-order valence-corrected chi connectivity index (χ0v) is 13.4. The van der Waals surface area contributed by atoms with Crippen molar-refractivity contribution in [1.29, 1.82) is 5.26 Å². The van der Waals surface area contributed by atoms with E-state index >= 15 is 0 Å². The standard InChI is InChI=1S/C17H19N3O3/c1-12-15(16(21)22)20(11-19-12)13-6-4-5-7-14(13)23-9-8-17(2,3)10-18/h4-7,11H,8-9H2,1-3H3,(H,21,22). The smallest absolute Gasteiger partial charge is 0.354 e. The Balaban J connectivity index is 2.29. The number of nitrogens with zero attached hydrogens (tertiary/aromatic N) is 3. The molecule has 0 fully saturated rings. The molecule has 1 aromatic heterocycles. The highest BCUT2D eigenvalue weighted by molar-refractivity contribution is 5.88. The Labute approximate surface area is 135 Å². The molecule has 0 bridgehead atoms. The van der Waals surface area contributed by atoms with E-state index in [9.17, 15) is 9.90 Å². The second-order valence-electron chi connectivity index (χ2n) is 5.92. The van der Waals surface area contributed by atoms with Crippen molar-refractivity contribution in [3.05, 3.63) is 42.0 Å². The third-order valence-electron chi connectivity index (χ3n) is 3.57. The number of carbonyl (C=O) groups is 1. The van der Waals surface area contributed by atoms with Gasteiger partial charge in [0.15, 0.2) is 5.69 Å². The number of carboxylic acid groups (broad SMARTS) is 1. The van der Waals surface area contributed by atoms with Gasteiger partial charge in [-0.05, 0) is 39.3 Å². The minimum Gasteiger partial charge on any atom is -0.491 e. The Bertz CT molecular complexity index is 757. The van der Waals surface area contributed by atoms with E-state index < -0.39 is 11.4 Å². The number of hydrogen-bond acceptors (Lipinski definition) is 4. The molecule has 0 aliphatic rings. The van der Waals surface area contributed by atoms with Gasteiger partial charge in [-0.3, -0.25) is 4.57 Å². The van der Waals surface area contributed by atoms with E-state index in [0.29, 0.717) is 30.2 Å². The van der Waals surface area contributed by atoms with E-state index in [4.69, 9.17) is 10.00 Å². The maximum Gasteiger partial charge on any atom is 0.354 e. The summed E-state index contributed by atoms with van der Waals surface area (Å²) in [5.74, 6) is -0.485. The number of imidazole rings is 1. The average molecular weight is 313 g/mol. The van der Waals surface area contributed by atoms with Crippen LogP contribution in [0.15, 0.2) is 30.6 Å². The van der Waals surface area contributed by atoms with E-state index in [-0.39, 0.29) is 5.69 Å². The summed E-state index contributed by atoms with van der Waals surface area (Å²) in [6.07, 6.45) is 2.05. The minimum absolute atomic E-state index is 0.110. The molecule has 2 rings (SSSR count). The number of aromatic nitrogens is 2. The minimum atomic E-state index is -1.04. The monoisotopic (exact) mass is 313 g/mol. The Morgan fingerprint density at radius 3 is 2.78 bits per heavy atom. The molecular weight excluding hydrogens is 294 g/mol. The Morgan fingerprint density at radius 1 is 1.43 bits per heavy atom. The van der Waals surface area contributed by atoms with Crippen molar-refractivity contribution in [3.63, 3.8) is 0 Å². The fraction of sp³-hybridized carbons (Fsp3) is 0.353. The van der Waals surface area contributed by atoms with E-state index in [2.05, 4.69) is 11.1 Å². The summed E-state index contributed by atoms with van der Waals surface area (Å²) in [5.41, 5.74) is 0.698. The van der Waals surface area contributed by atoms with Crippen LogP contribution in [0.2, 0.25) is 0 Å². The number of carboxylic acids is 1. The molecule has 1 N–H and O–H groups in total. The summed E-state index contributed by atoms with van der Waals surface area (Å²) in [6.45, 7) is 5.72. The number of ether oxygens (including phenoxy) is 1. The highest BCUT2D eigenvalue weighted by Crippen LogP contribution is 2.26. The zero-order valence-electron chi connectivity index (χ0n) is 13.4. The van der Waals surface area contributed by atoms with Gasteiger partial charge in [0.1, 0.15) is 12.1 Å². The molecule has 1 heterocycles. The lowest BCUT2D eigenvalue weighted by Gasteiger charge is -2.17.